The Morgan fingerprint density at radius 3 is 2.65 bits per heavy atom. The Bertz CT molecular complexity index is 1350. The summed E-state index contributed by atoms with van der Waals surface area (Å²) >= 11 is 0. The van der Waals surface area contributed by atoms with E-state index in [1.54, 1.807) is 4.90 Å². The van der Waals surface area contributed by atoms with Crippen molar-refractivity contribution in [3.05, 3.63) is 66.2 Å². The van der Waals surface area contributed by atoms with Gasteiger partial charge < -0.3 is 30.3 Å². The summed E-state index contributed by atoms with van der Waals surface area (Å²) < 4.78 is 6.60. The van der Waals surface area contributed by atoms with Crippen LogP contribution in [0.25, 0.3) is 10.8 Å². The van der Waals surface area contributed by atoms with E-state index in [4.69, 9.17) is 4.74 Å². The fourth-order valence-electron chi connectivity index (χ4n) is 5.47. The Balaban J connectivity index is 1.37. The fraction of sp³-hybridized carbons (Fsp3) is 0.438. The van der Waals surface area contributed by atoms with E-state index in [0.717, 1.165) is 35.5 Å². The van der Waals surface area contributed by atoms with Gasteiger partial charge in [-0.2, -0.15) is 0 Å². The molecule has 1 heterocycles. The number of nitrogens with one attached hydrogen (secondary N) is 2. The second-order valence-corrected chi connectivity index (χ2v) is 11.5. The zero-order chi connectivity index (χ0) is 28.2. The van der Waals surface area contributed by atoms with Gasteiger partial charge in [-0.15, -0.1) is 0 Å². The van der Waals surface area contributed by atoms with E-state index in [1.165, 1.54) is 12.8 Å². The summed E-state index contributed by atoms with van der Waals surface area (Å²) in [4.78, 5) is 30.5. The lowest BCUT2D eigenvalue weighted by Gasteiger charge is -2.34. The van der Waals surface area contributed by atoms with Crippen LogP contribution in [0.2, 0.25) is 0 Å². The molecular formula is C32H40N4O4. The van der Waals surface area contributed by atoms with Crippen LogP contribution in [-0.4, -0.2) is 72.3 Å². The molecule has 3 amide bonds. The molecule has 5 rings (SSSR count). The highest BCUT2D eigenvalue weighted by molar-refractivity contribution is 6.06. The maximum atomic E-state index is 13.5. The number of nitrogens with zero attached hydrogens (tertiary/aromatic N) is 2. The quantitative estimate of drug-likeness (QED) is 0.372. The standard InChI is InChI=1S/C32H40N4O4/c1-21-17-36(22(2)20-37)31(38)16-25-15-26(13-14-29(25)40-30(21)19-35(3)18-23-11-12-23)33-32(39)34-28-10-6-8-24-7-4-5-9-27(24)28/h4-10,13-15,21-23,30,37H,11-12,16-20H2,1-3H3,(H2,33,34,39)/t21-,22-,30+/m1/s1. The van der Waals surface area contributed by atoms with Gasteiger partial charge in [0.05, 0.1) is 24.8 Å². The molecule has 0 unspecified atom stereocenters. The molecule has 3 N–H and O–H groups in total. The third-order valence-electron chi connectivity index (χ3n) is 7.97. The molecule has 8 heteroatoms. The number of amides is 3. The van der Waals surface area contributed by atoms with E-state index in [1.807, 2.05) is 67.6 Å². The van der Waals surface area contributed by atoms with Crippen LogP contribution in [0.3, 0.4) is 0 Å². The molecular weight excluding hydrogens is 504 g/mol. The number of aliphatic hydroxyl groups excluding tert-OH is 1. The van der Waals surface area contributed by atoms with E-state index in [-0.39, 0.29) is 43.0 Å². The number of benzene rings is 3. The van der Waals surface area contributed by atoms with E-state index in [0.29, 0.717) is 23.5 Å². The number of rotatable bonds is 8. The maximum absolute atomic E-state index is 13.5. The molecule has 3 atom stereocenters. The molecule has 0 saturated heterocycles. The van der Waals surface area contributed by atoms with Crippen LogP contribution in [-0.2, 0) is 11.2 Å². The van der Waals surface area contributed by atoms with Crippen LogP contribution >= 0.6 is 0 Å². The lowest BCUT2D eigenvalue weighted by Crippen LogP contribution is -2.47. The zero-order valence-corrected chi connectivity index (χ0v) is 23.6. The van der Waals surface area contributed by atoms with Crippen molar-refractivity contribution in [3.8, 4) is 5.75 Å². The minimum absolute atomic E-state index is 0.0647. The van der Waals surface area contributed by atoms with Crippen molar-refractivity contribution in [2.24, 2.45) is 11.8 Å². The number of carbonyl (C=O) groups is 2. The van der Waals surface area contributed by atoms with Gasteiger partial charge in [-0.25, -0.2) is 4.79 Å². The molecule has 1 aliphatic heterocycles. The molecule has 3 aromatic carbocycles. The highest BCUT2D eigenvalue weighted by Crippen LogP contribution is 2.32. The number of aliphatic hydroxyl groups is 1. The van der Waals surface area contributed by atoms with Crippen LogP contribution in [0.1, 0.15) is 32.3 Å². The minimum Gasteiger partial charge on any atom is -0.488 e. The molecule has 0 radical (unpaired) electrons. The first-order chi connectivity index (χ1) is 19.3. The third-order valence-corrected chi connectivity index (χ3v) is 7.97. The average Bonchev–Trinajstić information content (AvgIpc) is 3.75. The van der Waals surface area contributed by atoms with Crippen LogP contribution in [0.5, 0.6) is 5.75 Å². The van der Waals surface area contributed by atoms with Crippen molar-refractivity contribution in [2.75, 3.05) is 43.9 Å². The van der Waals surface area contributed by atoms with Gasteiger partial charge in [0, 0.05) is 42.2 Å². The first-order valence-electron chi connectivity index (χ1n) is 14.2. The van der Waals surface area contributed by atoms with Gasteiger partial charge in [0.25, 0.3) is 0 Å². The fourth-order valence-corrected chi connectivity index (χ4v) is 5.47. The van der Waals surface area contributed by atoms with Gasteiger partial charge in [0.15, 0.2) is 0 Å². The summed E-state index contributed by atoms with van der Waals surface area (Å²) in [5, 5.41) is 17.7. The van der Waals surface area contributed by atoms with Crippen molar-refractivity contribution in [1.29, 1.82) is 0 Å². The molecule has 40 heavy (non-hydrogen) atoms. The van der Waals surface area contributed by atoms with Crippen molar-refractivity contribution >= 4 is 34.1 Å². The highest BCUT2D eigenvalue weighted by atomic mass is 16.5. The number of anilines is 2. The summed E-state index contributed by atoms with van der Waals surface area (Å²) in [6, 6.07) is 18.5. The van der Waals surface area contributed by atoms with Crippen LogP contribution in [0.15, 0.2) is 60.7 Å². The predicted octanol–water partition coefficient (Wildman–Crippen LogP) is 4.97. The van der Waals surface area contributed by atoms with E-state index in [2.05, 4.69) is 29.5 Å². The number of hydrogen-bond acceptors (Lipinski definition) is 5. The lowest BCUT2D eigenvalue weighted by molar-refractivity contribution is -0.134. The van der Waals surface area contributed by atoms with Gasteiger partial charge in [0.1, 0.15) is 11.9 Å². The van der Waals surface area contributed by atoms with Crippen molar-refractivity contribution < 1.29 is 19.4 Å². The van der Waals surface area contributed by atoms with Crippen molar-refractivity contribution in [3.63, 3.8) is 0 Å². The van der Waals surface area contributed by atoms with Gasteiger partial charge >= 0.3 is 6.03 Å². The molecule has 0 aromatic heterocycles. The van der Waals surface area contributed by atoms with E-state index in [9.17, 15) is 14.7 Å². The Morgan fingerprint density at radius 1 is 1.10 bits per heavy atom. The van der Waals surface area contributed by atoms with Crippen LogP contribution in [0.4, 0.5) is 16.2 Å². The molecule has 1 aliphatic carbocycles. The Kier molecular flexibility index (Phi) is 8.57. The first-order valence-corrected chi connectivity index (χ1v) is 14.2. The number of carbonyl (C=O) groups excluding carboxylic acids is 2. The largest absolute Gasteiger partial charge is 0.488 e. The first kappa shape index (κ1) is 27.9. The number of urea groups is 1. The molecule has 1 fully saturated rings. The summed E-state index contributed by atoms with van der Waals surface area (Å²) in [7, 11) is 2.13. The Labute approximate surface area is 236 Å². The number of likely N-dealkylation sites (N-methyl/N-ethyl adjacent to an activating group) is 1. The maximum Gasteiger partial charge on any atom is 0.323 e. The van der Waals surface area contributed by atoms with Crippen LogP contribution < -0.4 is 15.4 Å². The zero-order valence-electron chi connectivity index (χ0n) is 23.6. The minimum atomic E-state index is -0.365. The Hall–Kier alpha value is -3.62. The SMILES string of the molecule is C[C@@H]1CN([C@H](C)CO)C(=O)Cc2cc(NC(=O)Nc3cccc4ccccc34)ccc2O[C@H]1CN(C)CC1CC1. The normalized spacial score (nSPS) is 20.2. The molecule has 212 valence electrons. The van der Waals surface area contributed by atoms with Gasteiger partial charge in [-0.1, -0.05) is 43.3 Å². The highest BCUT2D eigenvalue weighted by Gasteiger charge is 2.32. The molecule has 1 saturated carbocycles. The number of fused-ring (bicyclic) bond motifs is 2. The van der Waals surface area contributed by atoms with Crippen molar-refractivity contribution in [2.45, 2.75) is 45.3 Å². The average molecular weight is 545 g/mol. The van der Waals surface area contributed by atoms with Crippen LogP contribution in [0, 0.1) is 11.8 Å². The Morgan fingerprint density at radius 2 is 1.88 bits per heavy atom. The molecule has 0 bridgehead atoms. The van der Waals surface area contributed by atoms with Gasteiger partial charge in [0.2, 0.25) is 5.91 Å². The second-order valence-electron chi connectivity index (χ2n) is 11.5. The molecule has 2 aliphatic rings. The summed E-state index contributed by atoms with van der Waals surface area (Å²) in [6.07, 6.45) is 2.57. The molecule has 0 spiro atoms. The third kappa shape index (κ3) is 6.74. The number of ether oxygens (including phenoxy) is 1. The molecule has 8 nitrogen and oxygen atoms in total. The monoisotopic (exact) mass is 544 g/mol. The summed E-state index contributed by atoms with van der Waals surface area (Å²) in [5.41, 5.74) is 2.01. The van der Waals surface area contributed by atoms with E-state index < -0.39 is 0 Å². The van der Waals surface area contributed by atoms with Gasteiger partial charge in [-0.05, 0) is 62.4 Å². The smallest absolute Gasteiger partial charge is 0.323 e. The summed E-state index contributed by atoms with van der Waals surface area (Å²) in [6.45, 7) is 6.18. The second kappa shape index (κ2) is 12.3. The van der Waals surface area contributed by atoms with Gasteiger partial charge in [-0.3, -0.25) is 4.79 Å². The van der Waals surface area contributed by atoms with Crippen molar-refractivity contribution in [1.82, 2.24) is 9.80 Å². The molecule has 3 aromatic rings. The number of hydrogen-bond donors (Lipinski definition) is 3. The van der Waals surface area contributed by atoms with E-state index >= 15 is 0 Å². The summed E-state index contributed by atoms with van der Waals surface area (Å²) in [5.74, 6) is 1.42. The topological polar surface area (TPSA) is 94.1 Å². The predicted molar refractivity (Wildman–Crippen MR) is 159 cm³/mol. The lowest BCUT2D eigenvalue weighted by atomic mass is 10.0.